The molecule has 22 heavy (non-hydrogen) atoms. The summed E-state index contributed by atoms with van der Waals surface area (Å²) < 4.78 is 45.1. The number of halogens is 2. The number of nitrogens with zero attached hydrogens (tertiary/aromatic N) is 1. The lowest BCUT2D eigenvalue weighted by Gasteiger charge is -2.37. The van der Waals surface area contributed by atoms with Crippen LogP contribution in [0.25, 0.3) is 0 Å². The van der Waals surface area contributed by atoms with E-state index in [1.807, 2.05) is 0 Å². The van der Waals surface area contributed by atoms with Crippen molar-refractivity contribution in [2.24, 2.45) is 0 Å². The molecular formula is C15H13ClFNO3S. The maximum absolute atomic E-state index is 13.6. The van der Waals surface area contributed by atoms with E-state index in [2.05, 4.69) is 0 Å². The standard InChI is InChI=1S/C15H13ClFNO3S/c16-12-5-1-3-7-14(12)21-11-9-18(10-11)22(19,20)15-8-4-2-6-13(15)17/h1-8,11H,9-10H2. The molecule has 1 saturated heterocycles. The van der Waals surface area contributed by atoms with Gasteiger partial charge in [0, 0.05) is 0 Å². The molecule has 7 heteroatoms. The minimum Gasteiger partial charge on any atom is -0.486 e. The summed E-state index contributed by atoms with van der Waals surface area (Å²) in [6.07, 6.45) is -0.290. The van der Waals surface area contributed by atoms with Crippen LogP contribution in [0.15, 0.2) is 53.4 Å². The van der Waals surface area contributed by atoms with Gasteiger partial charge in [-0.15, -0.1) is 0 Å². The third-order valence-electron chi connectivity index (χ3n) is 3.40. The molecule has 0 N–H and O–H groups in total. The minimum atomic E-state index is -3.82. The zero-order valence-corrected chi connectivity index (χ0v) is 13.0. The molecule has 1 fully saturated rings. The van der Waals surface area contributed by atoms with Crippen LogP contribution in [0.2, 0.25) is 5.02 Å². The van der Waals surface area contributed by atoms with Crippen molar-refractivity contribution in [3.63, 3.8) is 0 Å². The van der Waals surface area contributed by atoms with E-state index in [1.54, 1.807) is 24.3 Å². The molecule has 0 unspecified atom stereocenters. The van der Waals surface area contributed by atoms with Gasteiger partial charge in [-0.1, -0.05) is 35.9 Å². The molecule has 0 radical (unpaired) electrons. The molecule has 0 amide bonds. The highest BCUT2D eigenvalue weighted by Gasteiger charge is 2.39. The Hall–Kier alpha value is -1.63. The van der Waals surface area contributed by atoms with E-state index in [-0.39, 0.29) is 24.1 Å². The van der Waals surface area contributed by atoms with E-state index in [1.165, 1.54) is 22.5 Å². The van der Waals surface area contributed by atoms with Gasteiger partial charge >= 0.3 is 0 Å². The Balaban J connectivity index is 1.68. The van der Waals surface area contributed by atoms with E-state index < -0.39 is 15.8 Å². The molecule has 3 rings (SSSR count). The number of hydrogen-bond acceptors (Lipinski definition) is 3. The number of ether oxygens (including phenoxy) is 1. The van der Waals surface area contributed by atoms with Gasteiger partial charge in [-0.25, -0.2) is 12.8 Å². The summed E-state index contributed by atoms with van der Waals surface area (Å²) in [6, 6.07) is 12.3. The van der Waals surface area contributed by atoms with Crippen LogP contribution in [-0.2, 0) is 10.0 Å². The SMILES string of the molecule is O=S(=O)(c1ccccc1F)N1CC(Oc2ccccc2Cl)C1. The highest BCUT2D eigenvalue weighted by Crippen LogP contribution is 2.29. The van der Waals surface area contributed by atoms with Gasteiger partial charge in [0.2, 0.25) is 10.0 Å². The number of sulfonamides is 1. The highest BCUT2D eigenvalue weighted by molar-refractivity contribution is 7.89. The normalized spacial score (nSPS) is 16.3. The van der Waals surface area contributed by atoms with Gasteiger partial charge in [-0.2, -0.15) is 4.31 Å². The summed E-state index contributed by atoms with van der Waals surface area (Å²) in [5, 5.41) is 0.470. The molecular weight excluding hydrogens is 329 g/mol. The van der Waals surface area contributed by atoms with E-state index >= 15 is 0 Å². The average molecular weight is 342 g/mol. The molecule has 116 valence electrons. The zero-order valence-electron chi connectivity index (χ0n) is 11.4. The topological polar surface area (TPSA) is 46.6 Å². The lowest BCUT2D eigenvalue weighted by Crippen LogP contribution is -2.56. The van der Waals surface area contributed by atoms with Crippen molar-refractivity contribution in [1.29, 1.82) is 0 Å². The Kier molecular flexibility index (Phi) is 4.08. The van der Waals surface area contributed by atoms with Crippen LogP contribution >= 0.6 is 11.6 Å². The molecule has 2 aromatic rings. The summed E-state index contributed by atoms with van der Waals surface area (Å²) in [5.74, 6) is -0.241. The minimum absolute atomic E-state index is 0.169. The smallest absolute Gasteiger partial charge is 0.246 e. The summed E-state index contributed by atoms with van der Waals surface area (Å²) in [7, 11) is -3.82. The van der Waals surface area contributed by atoms with Gasteiger partial charge in [0.1, 0.15) is 22.6 Å². The van der Waals surface area contributed by atoms with E-state index in [0.29, 0.717) is 10.8 Å². The summed E-state index contributed by atoms with van der Waals surface area (Å²) in [5.41, 5.74) is 0. The van der Waals surface area contributed by atoms with Gasteiger partial charge < -0.3 is 4.74 Å². The van der Waals surface area contributed by atoms with Gasteiger partial charge in [0.05, 0.1) is 18.1 Å². The molecule has 4 nitrogen and oxygen atoms in total. The first-order valence-corrected chi connectivity index (χ1v) is 8.46. The van der Waals surface area contributed by atoms with Crippen LogP contribution < -0.4 is 4.74 Å². The summed E-state index contributed by atoms with van der Waals surface area (Å²) in [6.45, 7) is 0.337. The van der Waals surface area contributed by atoms with Crippen LogP contribution in [0.5, 0.6) is 5.75 Å². The molecule has 0 saturated carbocycles. The summed E-state index contributed by atoms with van der Waals surface area (Å²) >= 11 is 5.99. The zero-order chi connectivity index (χ0) is 15.7. The van der Waals surface area contributed by atoms with Crippen LogP contribution in [0, 0.1) is 5.82 Å². The summed E-state index contributed by atoms with van der Waals surface area (Å²) in [4.78, 5) is -0.314. The predicted octanol–water partition coefficient (Wildman–Crippen LogP) is 2.93. The van der Waals surface area contributed by atoms with Gasteiger partial charge in [-0.05, 0) is 24.3 Å². The highest BCUT2D eigenvalue weighted by atomic mass is 35.5. The molecule has 1 aliphatic rings. The van der Waals surface area contributed by atoms with Crippen LogP contribution in [-0.4, -0.2) is 31.9 Å². The van der Waals surface area contributed by atoms with E-state index in [9.17, 15) is 12.8 Å². The monoisotopic (exact) mass is 341 g/mol. The maximum Gasteiger partial charge on any atom is 0.246 e. The van der Waals surface area contributed by atoms with Crippen LogP contribution in [0.3, 0.4) is 0 Å². The van der Waals surface area contributed by atoms with E-state index in [0.717, 1.165) is 6.07 Å². The second-order valence-corrected chi connectivity index (χ2v) is 7.24. The molecule has 2 aromatic carbocycles. The van der Waals surface area contributed by atoms with Crippen molar-refractivity contribution in [2.45, 2.75) is 11.0 Å². The van der Waals surface area contributed by atoms with Gasteiger partial charge in [-0.3, -0.25) is 0 Å². The fraction of sp³-hybridized carbons (Fsp3) is 0.200. The van der Waals surface area contributed by atoms with Crippen molar-refractivity contribution < 1.29 is 17.5 Å². The maximum atomic E-state index is 13.6. The fourth-order valence-corrected chi connectivity index (χ4v) is 3.93. The molecule has 0 spiro atoms. The third-order valence-corrected chi connectivity index (χ3v) is 5.58. The molecule has 0 bridgehead atoms. The van der Waals surface area contributed by atoms with Crippen molar-refractivity contribution in [3.05, 3.63) is 59.4 Å². The largest absolute Gasteiger partial charge is 0.486 e. The van der Waals surface area contributed by atoms with Crippen molar-refractivity contribution in [2.75, 3.05) is 13.1 Å². The lowest BCUT2D eigenvalue weighted by molar-refractivity contribution is 0.0761. The quantitative estimate of drug-likeness (QED) is 0.859. The molecule has 1 aliphatic heterocycles. The molecule has 0 atom stereocenters. The molecule has 0 aromatic heterocycles. The lowest BCUT2D eigenvalue weighted by atomic mass is 10.2. The number of rotatable bonds is 4. The van der Waals surface area contributed by atoms with E-state index in [4.69, 9.17) is 16.3 Å². The Morgan fingerprint density at radius 2 is 1.73 bits per heavy atom. The van der Waals surface area contributed by atoms with Crippen molar-refractivity contribution in [1.82, 2.24) is 4.31 Å². The Bertz CT molecular complexity index is 791. The average Bonchev–Trinajstić information content (AvgIpc) is 2.44. The Morgan fingerprint density at radius 3 is 2.41 bits per heavy atom. The number of benzene rings is 2. The van der Waals surface area contributed by atoms with Crippen molar-refractivity contribution >= 4 is 21.6 Å². The fourth-order valence-electron chi connectivity index (χ4n) is 2.18. The van der Waals surface area contributed by atoms with Crippen molar-refractivity contribution in [3.8, 4) is 5.75 Å². The first-order valence-electron chi connectivity index (χ1n) is 6.64. The molecule has 0 aliphatic carbocycles. The first-order chi connectivity index (χ1) is 10.5. The predicted molar refractivity (Wildman–Crippen MR) is 81.0 cm³/mol. The second kappa shape index (κ2) is 5.87. The first kappa shape index (κ1) is 15.3. The van der Waals surface area contributed by atoms with Gasteiger partial charge in [0.25, 0.3) is 0 Å². The number of hydrogen-bond donors (Lipinski definition) is 0. The molecule has 1 heterocycles. The Morgan fingerprint density at radius 1 is 1.09 bits per heavy atom. The third kappa shape index (κ3) is 2.82. The van der Waals surface area contributed by atoms with Crippen LogP contribution in [0.4, 0.5) is 4.39 Å². The van der Waals surface area contributed by atoms with Gasteiger partial charge in [0.15, 0.2) is 0 Å². The Labute approximate surface area is 133 Å². The number of para-hydroxylation sites is 1. The second-order valence-electron chi connectivity index (χ2n) is 4.92. The van der Waals surface area contributed by atoms with Crippen LogP contribution in [0.1, 0.15) is 0 Å².